The Morgan fingerprint density at radius 3 is 2.10 bits per heavy atom. The fourth-order valence-electron chi connectivity index (χ4n) is 5.87. The van der Waals surface area contributed by atoms with Gasteiger partial charge in [-0.25, -0.2) is 0 Å². The van der Waals surface area contributed by atoms with E-state index in [1.165, 1.54) is 0 Å². The lowest BCUT2D eigenvalue weighted by Gasteiger charge is -2.41. The monoisotopic (exact) mass is 422 g/mol. The van der Waals surface area contributed by atoms with Gasteiger partial charge in [0.25, 0.3) is 0 Å². The fourth-order valence-corrected chi connectivity index (χ4v) is 5.87. The smallest absolute Gasteiger partial charge is 0.203 e. The van der Waals surface area contributed by atoms with Crippen molar-refractivity contribution in [1.82, 2.24) is 4.90 Å². The second-order valence-electron chi connectivity index (χ2n) is 9.18. The van der Waals surface area contributed by atoms with Crippen molar-refractivity contribution in [2.24, 2.45) is 23.5 Å². The van der Waals surface area contributed by atoms with Gasteiger partial charge in [0.2, 0.25) is 5.75 Å². The first kappa shape index (κ1) is 21.6. The molecular weight excluding hydrogens is 388 g/mol. The van der Waals surface area contributed by atoms with Crippen molar-refractivity contribution in [3.8, 4) is 17.2 Å². The number of benzene rings is 1. The van der Waals surface area contributed by atoms with Crippen molar-refractivity contribution in [2.45, 2.75) is 43.7 Å². The van der Waals surface area contributed by atoms with Crippen LogP contribution in [0.25, 0.3) is 0 Å². The number of hydrogen-bond acceptors (Lipinski definition) is 8. The maximum Gasteiger partial charge on any atom is 0.203 e. The lowest BCUT2D eigenvalue weighted by molar-refractivity contribution is -0.162. The molecule has 5 atom stereocenters. The molecule has 1 saturated carbocycles. The highest BCUT2D eigenvalue weighted by Gasteiger charge is 2.63. The highest BCUT2D eigenvalue weighted by molar-refractivity contribution is 5.53. The second kappa shape index (κ2) is 7.84. The van der Waals surface area contributed by atoms with E-state index >= 15 is 0 Å². The largest absolute Gasteiger partial charge is 0.493 e. The summed E-state index contributed by atoms with van der Waals surface area (Å²) in [5.41, 5.74) is 4.71. The quantitative estimate of drug-likeness (QED) is 0.623. The molecule has 8 heteroatoms. The van der Waals surface area contributed by atoms with Gasteiger partial charge in [-0.1, -0.05) is 0 Å². The summed E-state index contributed by atoms with van der Waals surface area (Å²) in [6, 6.07) is 3.99. The molecule has 0 amide bonds. The van der Waals surface area contributed by atoms with Gasteiger partial charge >= 0.3 is 0 Å². The number of rotatable bonds is 6. The van der Waals surface area contributed by atoms with Gasteiger partial charge in [0.05, 0.1) is 27.9 Å². The van der Waals surface area contributed by atoms with Crippen LogP contribution in [0.5, 0.6) is 17.2 Å². The Morgan fingerprint density at radius 1 is 1.10 bits per heavy atom. The van der Waals surface area contributed by atoms with Crippen LogP contribution in [0.3, 0.4) is 0 Å². The van der Waals surface area contributed by atoms with E-state index in [2.05, 4.69) is 4.90 Å². The summed E-state index contributed by atoms with van der Waals surface area (Å²) >= 11 is 0. The standard InChI is InChI=1S/C22H34N2O6/c1-21(23)22(26,19(25)12-30-21)16-7-14-10-24(11-15(14)8-16)9-13-5-17(27-2)20(29-4)18(6-13)28-3/h5-6,14-16,19,25-26H,7-12,23H2,1-4H3. The molecule has 30 heavy (non-hydrogen) atoms. The molecule has 5 unspecified atom stereocenters. The van der Waals surface area contributed by atoms with Crippen LogP contribution >= 0.6 is 0 Å². The van der Waals surface area contributed by atoms with Crippen LogP contribution < -0.4 is 19.9 Å². The molecule has 1 aliphatic carbocycles. The van der Waals surface area contributed by atoms with Gasteiger partial charge in [-0.3, -0.25) is 4.90 Å². The first-order chi connectivity index (χ1) is 14.2. The summed E-state index contributed by atoms with van der Waals surface area (Å²) in [6.45, 7) is 4.45. The van der Waals surface area contributed by atoms with E-state index in [0.29, 0.717) is 29.1 Å². The molecule has 8 nitrogen and oxygen atoms in total. The third kappa shape index (κ3) is 3.35. The number of ether oxygens (including phenoxy) is 4. The normalized spacial score (nSPS) is 38.6. The van der Waals surface area contributed by atoms with Crippen LogP contribution in [0.1, 0.15) is 25.3 Å². The molecule has 2 saturated heterocycles. The zero-order valence-corrected chi connectivity index (χ0v) is 18.3. The van der Waals surface area contributed by atoms with Crippen molar-refractivity contribution in [3.05, 3.63) is 17.7 Å². The first-order valence-corrected chi connectivity index (χ1v) is 10.6. The molecule has 4 rings (SSSR count). The van der Waals surface area contributed by atoms with Crippen LogP contribution in [0.4, 0.5) is 0 Å². The Kier molecular flexibility index (Phi) is 5.65. The van der Waals surface area contributed by atoms with Gasteiger partial charge in [0, 0.05) is 19.6 Å². The van der Waals surface area contributed by atoms with Gasteiger partial charge in [-0.15, -0.1) is 0 Å². The molecule has 3 aliphatic rings. The van der Waals surface area contributed by atoms with Crippen LogP contribution in [0, 0.1) is 17.8 Å². The minimum absolute atomic E-state index is 0.0525. The van der Waals surface area contributed by atoms with Crippen LogP contribution in [-0.2, 0) is 11.3 Å². The van der Waals surface area contributed by atoms with Gasteiger partial charge in [0.15, 0.2) is 11.5 Å². The topological polar surface area (TPSA) is 107 Å². The number of hydrogen-bond donors (Lipinski definition) is 3. The minimum Gasteiger partial charge on any atom is -0.493 e. The molecule has 3 fully saturated rings. The summed E-state index contributed by atoms with van der Waals surface area (Å²) in [5, 5.41) is 21.7. The first-order valence-electron chi connectivity index (χ1n) is 10.6. The predicted octanol–water partition coefficient (Wildman–Crippen LogP) is 0.968. The third-order valence-electron chi connectivity index (χ3n) is 7.42. The molecule has 0 spiro atoms. The summed E-state index contributed by atoms with van der Waals surface area (Å²) in [7, 11) is 4.85. The van der Waals surface area contributed by atoms with E-state index < -0.39 is 17.4 Å². The number of nitrogens with two attached hydrogens (primary N) is 1. The average Bonchev–Trinajstić information content (AvgIpc) is 3.34. The SMILES string of the molecule is COc1cc(CN2CC3CC(C4(O)C(O)COC4(C)N)CC3C2)cc(OC)c1OC. The molecule has 0 aromatic heterocycles. The molecule has 0 bridgehead atoms. The molecule has 168 valence electrons. The van der Waals surface area contributed by atoms with E-state index in [0.717, 1.165) is 38.0 Å². The summed E-state index contributed by atoms with van der Waals surface area (Å²) in [6.07, 6.45) is 0.756. The second-order valence-corrected chi connectivity index (χ2v) is 9.18. The zero-order valence-electron chi connectivity index (χ0n) is 18.3. The lowest BCUT2D eigenvalue weighted by Crippen LogP contribution is -2.63. The summed E-state index contributed by atoms with van der Waals surface area (Å²) in [5.74, 6) is 2.81. The van der Waals surface area contributed by atoms with Gasteiger partial charge in [0.1, 0.15) is 17.4 Å². The van der Waals surface area contributed by atoms with Crippen molar-refractivity contribution in [1.29, 1.82) is 0 Å². The Morgan fingerprint density at radius 2 is 1.67 bits per heavy atom. The summed E-state index contributed by atoms with van der Waals surface area (Å²) in [4.78, 5) is 2.43. The zero-order chi connectivity index (χ0) is 21.7. The van der Waals surface area contributed by atoms with Gasteiger partial charge < -0.3 is 34.9 Å². The minimum atomic E-state index is -1.39. The third-order valence-corrected chi connectivity index (χ3v) is 7.42. The van der Waals surface area contributed by atoms with Crippen molar-refractivity contribution < 1.29 is 29.2 Å². The Balaban J connectivity index is 1.43. The van der Waals surface area contributed by atoms with Crippen LogP contribution in [-0.4, -0.2) is 73.6 Å². The molecule has 4 N–H and O–H groups in total. The van der Waals surface area contributed by atoms with Crippen molar-refractivity contribution in [2.75, 3.05) is 41.0 Å². The van der Waals surface area contributed by atoms with E-state index in [1.54, 1.807) is 28.3 Å². The summed E-state index contributed by atoms with van der Waals surface area (Å²) < 4.78 is 21.9. The molecule has 1 aromatic carbocycles. The van der Waals surface area contributed by atoms with Gasteiger partial charge in [-0.05, 0) is 55.2 Å². The highest BCUT2D eigenvalue weighted by Crippen LogP contribution is 2.51. The maximum absolute atomic E-state index is 11.3. The Labute approximate surface area is 177 Å². The van der Waals surface area contributed by atoms with E-state index in [9.17, 15) is 10.2 Å². The van der Waals surface area contributed by atoms with Gasteiger partial charge in [-0.2, -0.15) is 0 Å². The fraction of sp³-hybridized carbons (Fsp3) is 0.727. The number of fused-ring (bicyclic) bond motifs is 1. The molecule has 1 aromatic rings. The molecule has 2 aliphatic heterocycles. The number of likely N-dealkylation sites (tertiary alicyclic amines) is 1. The number of aliphatic hydroxyl groups excluding tert-OH is 1. The Hall–Kier alpha value is -1.58. The predicted molar refractivity (Wildman–Crippen MR) is 111 cm³/mol. The van der Waals surface area contributed by atoms with Crippen LogP contribution in [0.15, 0.2) is 12.1 Å². The van der Waals surface area contributed by atoms with Crippen LogP contribution in [0.2, 0.25) is 0 Å². The molecular formula is C22H34N2O6. The average molecular weight is 423 g/mol. The Bertz CT molecular complexity index is 748. The number of nitrogens with zero attached hydrogens (tertiary/aromatic N) is 1. The van der Waals surface area contributed by atoms with Crippen molar-refractivity contribution in [3.63, 3.8) is 0 Å². The highest BCUT2D eigenvalue weighted by atomic mass is 16.6. The lowest BCUT2D eigenvalue weighted by atomic mass is 9.75. The van der Waals surface area contributed by atoms with E-state index in [4.69, 9.17) is 24.7 Å². The van der Waals surface area contributed by atoms with E-state index in [1.807, 2.05) is 12.1 Å². The molecule has 0 radical (unpaired) electrons. The number of aliphatic hydroxyl groups is 2. The van der Waals surface area contributed by atoms with Crippen molar-refractivity contribution >= 4 is 0 Å². The number of methoxy groups -OCH3 is 3. The van der Waals surface area contributed by atoms with E-state index in [-0.39, 0.29) is 12.5 Å². The molecule has 2 heterocycles. The maximum atomic E-state index is 11.3.